The van der Waals surface area contributed by atoms with Gasteiger partial charge in [-0.1, -0.05) is 0 Å². The molecule has 0 aliphatic carbocycles. The summed E-state index contributed by atoms with van der Waals surface area (Å²) in [5.74, 6) is -0.659. The van der Waals surface area contributed by atoms with E-state index >= 15 is 0 Å². The highest BCUT2D eigenvalue weighted by molar-refractivity contribution is 5.99. The lowest BCUT2D eigenvalue weighted by Gasteiger charge is -2.32. The number of carbonyl (C=O) groups is 1. The molecule has 1 heterocycles. The van der Waals surface area contributed by atoms with Gasteiger partial charge in [0, 0.05) is 31.3 Å². The van der Waals surface area contributed by atoms with E-state index in [1.807, 2.05) is 4.90 Å². The fourth-order valence-electron chi connectivity index (χ4n) is 2.25. The summed E-state index contributed by atoms with van der Waals surface area (Å²) in [6.07, 6.45) is 1.66. The van der Waals surface area contributed by atoms with Gasteiger partial charge in [-0.15, -0.1) is 0 Å². The topological polar surface area (TPSA) is 115 Å². The van der Waals surface area contributed by atoms with E-state index in [1.165, 1.54) is 12.1 Å². The zero-order chi connectivity index (χ0) is 14.0. The number of hydrogen-bond donors (Lipinski definition) is 2. The van der Waals surface area contributed by atoms with E-state index < -0.39 is 10.8 Å². The van der Waals surface area contributed by atoms with Crippen molar-refractivity contribution in [1.29, 1.82) is 0 Å². The molecule has 1 aromatic carbocycles. The number of nitro benzene ring substituents is 1. The van der Waals surface area contributed by atoms with Crippen LogP contribution in [-0.4, -0.2) is 30.0 Å². The molecule has 1 fully saturated rings. The van der Waals surface area contributed by atoms with Crippen molar-refractivity contribution in [2.24, 2.45) is 11.5 Å². The number of nitrogens with two attached hydrogens (primary N) is 2. The molecule has 0 unspecified atom stereocenters. The summed E-state index contributed by atoms with van der Waals surface area (Å²) < 4.78 is 0. The van der Waals surface area contributed by atoms with Gasteiger partial charge in [-0.2, -0.15) is 0 Å². The highest BCUT2D eigenvalue weighted by Gasteiger charge is 2.22. The predicted molar refractivity (Wildman–Crippen MR) is 71.0 cm³/mol. The maximum atomic E-state index is 11.5. The van der Waals surface area contributed by atoms with E-state index in [0.29, 0.717) is 5.69 Å². The van der Waals surface area contributed by atoms with Crippen molar-refractivity contribution in [2.75, 3.05) is 18.0 Å². The average molecular weight is 264 g/mol. The Kier molecular flexibility index (Phi) is 3.66. The predicted octanol–water partition coefficient (Wildman–Crippen LogP) is 0.621. The fraction of sp³-hybridized carbons (Fsp3) is 0.417. The molecule has 0 saturated carbocycles. The van der Waals surface area contributed by atoms with Crippen LogP contribution in [-0.2, 0) is 0 Å². The third kappa shape index (κ3) is 2.82. The van der Waals surface area contributed by atoms with Crippen LogP contribution in [0.4, 0.5) is 11.4 Å². The molecule has 0 aromatic heterocycles. The molecular formula is C12H16N4O3. The van der Waals surface area contributed by atoms with E-state index in [4.69, 9.17) is 11.5 Å². The molecule has 7 heteroatoms. The summed E-state index contributed by atoms with van der Waals surface area (Å²) in [6, 6.07) is 4.36. The number of hydrogen-bond acceptors (Lipinski definition) is 5. The molecule has 7 nitrogen and oxygen atoms in total. The maximum absolute atomic E-state index is 11.5. The lowest BCUT2D eigenvalue weighted by atomic mass is 10.0. The van der Waals surface area contributed by atoms with Gasteiger partial charge in [-0.05, 0) is 18.9 Å². The summed E-state index contributed by atoms with van der Waals surface area (Å²) in [4.78, 5) is 23.6. The first-order valence-corrected chi connectivity index (χ1v) is 6.08. The summed E-state index contributed by atoms with van der Waals surface area (Å²) in [7, 11) is 0. The van der Waals surface area contributed by atoms with Crippen molar-refractivity contribution < 1.29 is 9.72 Å². The van der Waals surface area contributed by atoms with Gasteiger partial charge >= 0.3 is 0 Å². The summed E-state index contributed by atoms with van der Waals surface area (Å²) in [6.45, 7) is 1.44. The minimum Gasteiger partial charge on any atom is -0.371 e. The first kappa shape index (κ1) is 13.3. The lowest BCUT2D eigenvalue weighted by molar-refractivity contribution is -0.384. The van der Waals surface area contributed by atoms with Gasteiger partial charge in [-0.25, -0.2) is 0 Å². The summed E-state index contributed by atoms with van der Waals surface area (Å²) in [5.41, 5.74) is 11.8. The SMILES string of the molecule is NC(=O)c1cc([N+](=O)[O-])ccc1N1CCC(N)CC1. The molecule has 0 atom stereocenters. The van der Waals surface area contributed by atoms with Crippen LogP contribution < -0.4 is 16.4 Å². The van der Waals surface area contributed by atoms with Crippen molar-refractivity contribution in [1.82, 2.24) is 0 Å². The van der Waals surface area contributed by atoms with Crippen molar-refractivity contribution in [3.05, 3.63) is 33.9 Å². The number of nitro groups is 1. The number of benzene rings is 1. The Labute approximate surface area is 110 Å². The Morgan fingerprint density at radius 1 is 1.37 bits per heavy atom. The number of amides is 1. The van der Waals surface area contributed by atoms with E-state index in [0.717, 1.165) is 25.9 Å². The first-order chi connectivity index (χ1) is 8.99. The Morgan fingerprint density at radius 3 is 2.53 bits per heavy atom. The highest BCUT2D eigenvalue weighted by atomic mass is 16.6. The minimum absolute atomic E-state index is 0.133. The van der Waals surface area contributed by atoms with Crippen molar-refractivity contribution in [2.45, 2.75) is 18.9 Å². The maximum Gasteiger partial charge on any atom is 0.270 e. The number of piperidine rings is 1. The molecule has 0 radical (unpaired) electrons. The summed E-state index contributed by atoms with van der Waals surface area (Å²) >= 11 is 0. The second-order valence-corrected chi connectivity index (χ2v) is 4.65. The van der Waals surface area contributed by atoms with E-state index in [1.54, 1.807) is 6.07 Å². The fourth-order valence-corrected chi connectivity index (χ4v) is 2.25. The smallest absolute Gasteiger partial charge is 0.270 e. The number of rotatable bonds is 3. The third-order valence-corrected chi connectivity index (χ3v) is 3.34. The molecule has 0 bridgehead atoms. The van der Waals surface area contributed by atoms with Crippen LogP contribution in [0.5, 0.6) is 0 Å². The molecule has 1 aliphatic rings. The van der Waals surface area contributed by atoms with Gasteiger partial charge in [-0.3, -0.25) is 14.9 Å². The molecule has 0 spiro atoms. The van der Waals surface area contributed by atoms with Gasteiger partial charge in [0.2, 0.25) is 0 Å². The Bertz CT molecular complexity index is 510. The molecule has 19 heavy (non-hydrogen) atoms. The number of non-ortho nitro benzene ring substituents is 1. The average Bonchev–Trinajstić information content (AvgIpc) is 2.38. The lowest BCUT2D eigenvalue weighted by Crippen LogP contribution is -2.40. The quantitative estimate of drug-likeness (QED) is 0.613. The zero-order valence-electron chi connectivity index (χ0n) is 10.4. The monoisotopic (exact) mass is 264 g/mol. The summed E-state index contributed by atoms with van der Waals surface area (Å²) in [5, 5.41) is 10.7. The van der Waals surface area contributed by atoms with Gasteiger partial charge in [0.25, 0.3) is 11.6 Å². The zero-order valence-corrected chi connectivity index (χ0v) is 10.4. The Morgan fingerprint density at radius 2 is 2.00 bits per heavy atom. The number of primary amides is 1. The van der Waals surface area contributed by atoms with E-state index in [-0.39, 0.29) is 17.3 Å². The van der Waals surface area contributed by atoms with Crippen LogP contribution in [0.1, 0.15) is 23.2 Å². The second-order valence-electron chi connectivity index (χ2n) is 4.65. The first-order valence-electron chi connectivity index (χ1n) is 6.08. The Hall–Kier alpha value is -2.15. The highest BCUT2D eigenvalue weighted by Crippen LogP contribution is 2.27. The molecule has 1 aromatic rings. The van der Waals surface area contributed by atoms with Crippen molar-refractivity contribution in [3.8, 4) is 0 Å². The molecular weight excluding hydrogens is 248 g/mol. The molecule has 4 N–H and O–H groups in total. The molecule has 102 valence electrons. The molecule has 2 rings (SSSR count). The standard InChI is InChI=1S/C12H16N4O3/c13-8-3-5-15(6-4-8)11-2-1-9(16(18)19)7-10(11)12(14)17/h1-2,7-8H,3-6,13H2,(H2,14,17). The Balaban J connectivity index is 2.34. The van der Waals surface area contributed by atoms with Crippen LogP contribution in [0.15, 0.2) is 18.2 Å². The van der Waals surface area contributed by atoms with Gasteiger partial charge < -0.3 is 16.4 Å². The van der Waals surface area contributed by atoms with Gasteiger partial charge in [0.1, 0.15) is 0 Å². The normalized spacial score (nSPS) is 16.4. The van der Waals surface area contributed by atoms with E-state index in [2.05, 4.69) is 0 Å². The van der Waals surface area contributed by atoms with Gasteiger partial charge in [0.15, 0.2) is 0 Å². The van der Waals surface area contributed by atoms with Gasteiger partial charge in [0.05, 0.1) is 16.2 Å². The van der Waals surface area contributed by atoms with Crippen molar-refractivity contribution in [3.63, 3.8) is 0 Å². The van der Waals surface area contributed by atoms with Crippen LogP contribution in [0.3, 0.4) is 0 Å². The minimum atomic E-state index is -0.659. The third-order valence-electron chi connectivity index (χ3n) is 3.34. The van der Waals surface area contributed by atoms with Crippen LogP contribution >= 0.6 is 0 Å². The molecule has 1 aliphatic heterocycles. The van der Waals surface area contributed by atoms with Crippen LogP contribution in [0.2, 0.25) is 0 Å². The number of anilines is 1. The van der Waals surface area contributed by atoms with Crippen molar-refractivity contribution >= 4 is 17.3 Å². The number of nitrogens with zero attached hydrogens (tertiary/aromatic N) is 2. The molecule has 1 saturated heterocycles. The van der Waals surface area contributed by atoms with Crippen LogP contribution in [0.25, 0.3) is 0 Å². The largest absolute Gasteiger partial charge is 0.371 e. The molecule has 1 amide bonds. The second kappa shape index (κ2) is 5.23. The van der Waals surface area contributed by atoms with E-state index in [9.17, 15) is 14.9 Å². The van der Waals surface area contributed by atoms with Crippen LogP contribution in [0, 0.1) is 10.1 Å². The number of carbonyl (C=O) groups excluding carboxylic acids is 1.